The van der Waals surface area contributed by atoms with E-state index < -0.39 is 0 Å². The average Bonchev–Trinajstić information content (AvgIpc) is 3.01. The zero-order valence-electron chi connectivity index (χ0n) is 11.4. The maximum Gasteiger partial charge on any atom is 0.193 e. The molecule has 0 radical (unpaired) electrons. The largest absolute Gasteiger partial charge is 0.397 e. The molecule has 0 saturated carbocycles. The minimum atomic E-state index is 0.0188. The third-order valence-electron chi connectivity index (χ3n) is 3.77. The summed E-state index contributed by atoms with van der Waals surface area (Å²) in [4.78, 5) is 14.6. The SMILES string of the molecule is Nc1cc(C(=O)c2ccccc2)ccc1N1CCCC1. The molecule has 3 heteroatoms. The molecule has 0 aromatic heterocycles. The maximum absolute atomic E-state index is 12.4. The number of nitrogens with two attached hydrogens (primary N) is 1. The molecule has 1 saturated heterocycles. The molecule has 0 amide bonds. The van der Waals surface area contributed by atoms with Crippen molar-refractivity contribution in [1.82, 2.24) is 0 Å². The van der Waals surface area contributed by atoms with Crippen molar-refractivity contribution in [3.63, 3.8) is 0 Å². The Bertz CT molecular complexity index is 616. The number of ketones is 1. The predicted octanol–water partition coefficient (Wildman–Crippen LogP) is 3.10. The minimum Gasteiger partial charge on any atom is -0.397 e. The fourth-order valence-electron chi connectivity index (χ4n) is 2.70. The van der Waals surface area contributed by atoms with Crippen molar-refractivity contribution in [3.8, 4) is 0 Å². The summed E-state index contributed by atoms with van der Waals surface area (Å²) < 4.78 is 0. The van der Waals surface area contributed by atoms with Gasteiger partial charge in [-0.3, -0.25) is 4.79 Å². The van der Waals surface area contributed by atoms with Gasteiger partial charge in [0, 0.05) is 24.2 Å². The van der Waals surface area contributed by atoms with Crippen molar-refractivity contribution < 1.29 is 4.79 Å². The van der Waals surface area contributed by atoms with Gasteiger partial charge in [-0.2, -0.15) is 0 Å². The van der Waals surface area contributed by atoms with Crippen molar-refractivity contribution in [2.45, 2.75) is 12.8 Å². The van der Waals surface area contributed by atoms with Gasteiger partial charge in [-0.1, -0.05) is 30.3 Å². The predicted molar refractivity (Wildman–Crippen MR) is 82.2 cm³/mol. The van der Waals surface area contributed by atoms with Crippen molar-refractivity contribution in [1.29, 1.82) is 0 Å². The van der Waals surface area contributed by atoms with E-state index in [-0.39, 0.29) is 5.78 Å². The maximum atomic E-state index is 12.4. The molecule has 20 heavy (non-hydrogen) atoms. The van der Waals surface area contributed by atoms with Crippen LogP contribution in [0, 0.1) is 0 Å². The first-order valence-electron chi connectivity index (χ1n) is 7.00. The first kappa shape index (κ1) is 12.7. The Balaban J connectivity index is 1.88. The molecule has 2 aromatic rings. The Morgan fingerprint density at radius 1 is 0.950 bits per heavy atom. The van der Waals surface area contributed by atoms with Crippen LogP contribution in [0.3, 0.4) is 0 Å². The summed E-state index contributed by atoms with van der Waals surface area (Å²) in [5.41, 5.74) is 9.20. The number of carbonyl (C=O) groups is 1. The number of hydrogen-bond acceptors (Lipinski definition) is 3. The van der Waals surface area contributed by atoms with Crippen molar-refractivity contribution in [2.75, 3.05) is 23.7 Å². The Morgan fingerprint density at radius 3 is 2.30 bits per heavy atom. The quantitative estimate of drug-likeness (QED) is 0.686. The first-order valence-corrected chi connectivity index (χ1v) is 7.00. The van der Waals surface area contributed by atoms with E-state index in [0.29, 0.717) is 16.8 Å². The number of benzene rings is 2. The average molecular weight is 266 g/mol. The number of nitrogen functional groups attached to an aromatic ring is 1. The summed E-state index contributed by atoms with van der Waals surface area (Å²) in [6, 6.07) is 14.9. The smallest absolute Gasteiger partial charge is 0.193 e. The van der Waals surface area contributed by atoms with E-state index >= 15 is 0 Å². The lowest BCUT2D eigenvalue weighted by atomic mass is 10.0. The topological polar surface area (TPSA) is 46.3 Å². The van der Waals surface area contributed by atoms with E-state index in [1.165, 1.54) is 12.8 Å². The molecule has 1 aliphatic heterocycles. The minimum absolute atomic E-state index is 0.0188. The van der Waals surface area contributed by atoms with Gasteiger partial charge in [-0.25, -0.2) is 0 Å². The number of nitrogens with zero attached hydrogens (tertiary/aromatic N) is 1. The van der Waals surface area contributed by atoms with Crippen molar-refractivity contribution >= 4 is 17.2 Å². The normalized spacial score (nSPS) is 14.5. The van der Waals surface area contributed by atoms with Gasteiger partial charge in [-0.05, 0) is 31.0 Å². The Labute approximate surface area is 119 Å². The molecule has 1 aliphatic rings. The van der Waals surface area contributed by atoms with Gasteiger partial charge < -0.3 is 10.6 Å². The highest BCUT2D eigenvalue weighted by Crippen LogP contribution is 2.28. The van der Waals surface area contributed by atoms with Crippen LogP contribution in [-0.2, 0) is 0 Å². The molecule has 1 heterocycles. The summed E-state index contributed by atoms with van der Waals surface area (Å²) in [6.07, 6.45) is 2.42. The lowest BCUT2D eigenvalue weighted by Gasteiger charge is -2.20. The molecule has 0 aliphatic carbocycles. The molecule has 2 aromatic carbocycles. The van der Waals surface area contributed by atoms with E-state index in [4.69, 9.17) is 5.73 Å². The lowest BCUT2D eigenvalue weighted by Crippen LogP contribution is -2.19. The van der Waals surface area contributed by atoms with Crippen LogP contribution in [0.4, 0.5) is 11.4 Å². The molecule has 3 rings (SSSR count). The molecule has 102 valence electrons. The van der Waals surface area contributed by atoms with E-state index in [2.05, 4.69) is 4.90 Å². The van der Waals surface area contributed by atoms with E-state index in [1.807, 2.05) is 42.5 Å². The van der Waals surface area contributed by atoms with Crippen LogP contribution in [0.25, 0.3) is 0 Å². The summed E-state index contributed by atoms with van der Waals surface area (Å²) in [7, 11) is 0. The fraction of sp³-hybridized carbons (Fsp3) is 0.235. The standard InChI is InChI=1S/C17H18N2O/c18-15-12-14(17(20)13-6-2-1-3-7-13)8-9-16(15)19-10-4-5-11-19/h1-3,6-9,12H,4-5,10-11,18H2. The molecule has 0 bridgehead atoms. The van der Waals surface area contributed by atoms with Crippen LogP contribution in [0.15, 0.2) is 48.5 Å². The number of carbonyl (C=O) groups excluding carboxylic acids is 1. The van der Waals surface area contributed by atoms with Crippen molar-refractivity contribution in [3.05, 3.63) is 59.7 Å². The number of hydrogen-bond donors (Lipinski definition) is 1. The molecular formula is C17H18N2O. The van der Waals surface area contributed by atoms with Gasteiger partial charge in [0.2, 0.25) is 0 Å². The second-order valence-electron chi connectivity index (χ2n) is 5.16. The van der Waals surface area contributed by atoms with Crippen LogP contribution in [0.1, 0.15) is 28.8 Å². The second kappa shape index (κ2) is 5.37. The summed E-state index contributed by atoms with van der Waals surface area (Å²) in [6.45, 7) is 2.10. The van der Waals surface area contributed by atoms with E-state index in [9.17, 15) is 4.79 Å². The molecule has 3 nitrogen and oxygen atoms in total. The van der Waals surface area contributed by atoms with Gasteiger partial charge >= 0.3 is 0 Å². The zero-order valence-corrected chi connectivity index (χ0v) is 11.4. The van der Waals surface area contributed by atoms with E-state index in [0.717, 1.165) is 18.8 Å². The van der Waals surface area contributed by atoms with Gasteiger partial charge in [0.1, 0.15) is 0 Å². The van der Waals surface area contributed by atoms with Gasteiger partial charge in [0.05, 0.1) is 11.4 Å². The highest BCUT2D eigenvalue weighted by atomic mass is 16.1. The summed E-state index contributed by atoms with van der Waals surface area (Å²) in [5, 5.41) is 0. The molecule has 2 N–H and O–H groups in total. The second-order valence-corrected chi connectivity index (χ2v) is 5.16. The Morgan fingerprint density at radius 2 is 1.65 bits per heavy atom. The molecule has 0 unspecified atom stereocenters. The first-order chi connectivity index (χ1) is 9.75. The van der Waals surface area contributed by atoms with Crippen LogP contribution in [-0.4, -0.2) is 18.9 Å². The van der Waals surface area contributed by atoms with Gasteiger partial charge in [-0.15, -0.1) is 0 Å². The fourth-order valence-corrected chi connectivity index (χ4v) is 2.70. The van der Waals surface area contributed by atoms with Crippen LogP contribution in [0.2, 0.25) is 0 Å². The molecule has 1 fully saturated rings. The highest BCUT2D eigenvalue weighted by molar-refractivity contribution is 6.09. The number of rotatable bonds is 3. The zero-order chi connectivity index (χ0) is 13.9. The van der Waals surface area contributed by atoms with Crippen LogP contribution < -0.4 is 10.6 Å². The molecule has 0 spiro atoms. The van der Waals surface area contributed by atoms with Crippen LogP contribution in [0.5, 0.6) is 0 Å². The highest BCUT2D eigenvalue weighted by Gasteiger charge is 2.16. The third kappa shape index (κ3) is 2.39. The Hall–Kier alpha value is -2.29. The Kier molecular flexibility index (Phi) is 3.42. The summed E-state index contributed by atoms with van der Waals surface area (Å²) >= 11 is 0. The lowest BCUT2D eigenvalue weighted by molar-refractivity contribution is 0.103. The number of anilines is 2. The van der Waals surface area contributed by atoms with Gasteiger partial charge in [0.15, 0.2) is 5.78 Å². The van der Waals surface area contributed by atoms with Crippen molar-refractivity contribution in [2.24, 2.45) is 0 Å². The third-order valence-corrected chi connectivity index (χ3v) is 3.77. The molecular weight excluding hydrogens is 248 g/mol. The van der Waals surface area contributed by atoms with E-state index in [1.54, 1.807) is 6.07 Å². The summed E-state index contributed by atoms with van der Waals surface area (Å²) in [5.74, 6) is 0.0188. The van der Waals surface area contributed by atoms with Gasteiger partial charge in [0.25, 0.3) is 0 Å². The molecule has 0 atom stereocenters. The monoisotopic (exact) mass is 266 g/mol. The van der Waals surface area contributed by atoms with Crippen LogP contribution >= 0.6 is 0 Å².